The molecule has 0 saturated carbocycles. The fraction of sp³-hybridized carbons (Fsp3) is 0.407. The molecule has 3 aromatic rings. The highest BCUT2D eigenvalue weighted by Gasteiger charge is 2.40. The van der Waals surface area contributed by atoms with Gasteiger partial charge in [0.15, 0.2) is 0 Å². The summed E-state index contributed by atoms with van der Waals surface area (Å²) in [6.07, 6.45) is 2.50. The summed E-state index contributed by atoms with van der Waals surface area (Å²) in [6.45, 7) is 10.5. The minimum Gasteiger partial charge on any atom is -0.325 e. The largest absolute Gasteiger partial charge is 0.325 e. The third-order valence-corrected chi connectivity index (χ3v) is 6.72. The Balaban J connectivity index is 0.00000342. The van der Waals surface area contributed by atoms with Crippen LogP contribution in [0, 0.1) is 5.82 Å². The molecule has 35 heavy (non-hydrogen) atoms. The van der Waals surface area contributed by atoms with E-state index in [0.29, 0.717) is 12.3 Å². The van der Waals surface area contributed by atoms with E-state index in [4.69, 9.17) is 16.7 Å². The molecule has 4 rings (SSSR count). The van der Waals surface area contributed by atoms with Gasteiger partial charge < -0.3 is 5.32 Å². The van der Waals surface area contributed by atoms with Gasteiger partial charge in [-0.3, -0.25) is 14.8 Å². The molecule has 2 aromatic carbocycles. The van der Waals surface area contributed by atoms with Crippen LogP contribution < -0.4 is 10.6 Å². The van der Waals surface area contributed by atoms with Crippen LogP contribution in [0.1, 0.15) is 75.7 Å². The maximum atomic E-state index is 14.3. The summed E-state index contributed by atoms with van der Waals surface area (Å²) in [4.78, 5) is 13.2. The number of amides is 1. The number of rotatable bonds is 5. The summed E-state index contributed by atoms with van der Waals surface area (Å²) in [7, 11) is 0. The van der Waals surface area contributed by atoms with Crippen molar-refractivity contribution in [2.75, 3.05) is 5.32 Å². The maximum Gasteiger partial charge on any atom is 0.241 e. The average Bonchev–Trinajstić information content (AvgIpc) is 3.43. The van der Waals surface area contributed by atoms with Crippen molar-refractivity contribution in [3.8, 4) is 0 Å². The van der Waals surface area contributed by atoms with Gasteiger partial charge in [0.1, 0.15) is 5.82 Å². The molecule has 2 heterocycles. The molecule has 1 fully saturated rings. The second-order valence-corrected chi connectivity index (χ2v) is 10.7. The fourth-order valence-electron chi connectivity index (χ4n) is 4.39. The molecule has 1 amide bonds. The number of carbonyl (C=O) groups is 1. The summed E-state index contributed by atoms with van der Waals surface area (Å²) < 4.78 is 16.2. The van der Waals surface area contributed by atoms with Gasteiger partial charge in [0, 0.05) is 23.8 Å². The Kier molecular flexibility index (Phi) is 8.30. The van der Waals surface area contributed by atoms with E-state index < -0.39 is 11.9 Å². The van der Waals surface area contributed by atoms with Crippen molar-refractivity contribution in [1.29, 1.82) is 0 Å². The number of halogens is 3. The third kappa shape index (κ3) is 6.05. The number of hydrogen-bond donors (Lipinski definition) is 2. The fourth-order valence-corrected chi connectivity index (χ4v) is 4.51. The van der Waals surface area contributed by atoms with E-state index in [-0.39, 0.29) is 40.8 Å². The molecule has 188 valence electrons. The molecule has 8 heteroatoms. The number of nitrogens with zero attached hydrogens (tertiary/aromatic N) is 2. The Bertz CT molecular complexity index is 1170. The molecule has 3 atom stereocenters. The number of benzene rings is 2. The van der Waals surface area contributed by atoms with Gasteiger partial charge in [-0.05, 0) is 74.6 Å². The van der Waals surface area contributed by atoms with Gasteiger partial charge in [-0.15, -0.1) is 12.4 Å². The highest BCUT2D eigenvalue weighted by Crippen LogP contribution is 2.41. The maximum absolute atomic E-state index is 14.3. The van der Waals surface area contributed by atoms with Crippen LogP contribution >= 0.6 is 24.0 Å². The van der Waals surface area contributed by atoms with E-state index in [1.807, 2.05) is 47.3 Å². The van der Waals surface area contributed by atoms with Crippen molar-refractivity contribution in [3.05, 3.63) is 82.4 Å². The van der Waals surface area contributed by atoms with E-state index in [9.17, 15) is 9.18 Å². The number of hydrogen-bond acceptors (Lipinski definition) is 3. The van der Waals surface area contributed by atoms with Gasteiger partial charge in [-0.25, -0.2) is 4.39 Å². The van der Waals surface area contributed by atoms with E-state index in [0.717, 1.165) is 16.9 Å². The van der Waals surface area contributed by atoms with E-state index in [1.165, 1.54) is 11.6 Å². The van der Waals surface area contributed by atoms with Gasteiger partial charge in [0.25, 0.3) is 0 Å². The summed E-state index contributed by atoms with van der Waals surface area (Å²) >= 11 is 5.92. The van der Waals surface area contributed by atoms with Crippen LogP contribution in [-0.4, -0.2) is 21.7 Å². The highest BCUT2D eigenvalue weighted by atomic mass is 35.5. The Hall–Kier alpha value is -2.41. The summed E-state index contributed by atoms with van der Waals surface area (Å²) in [6, 6.07) is 14.0. The molecular formula is C27H33Cl2FN4O. The monoisotopic (exact) mass is 518 g/mol. The first-order valence-corrected chi connectivity index (χ1v) is 12.1. The minimum absolute atomic E-state index is 0. The van der Waals surface area contributed by atoms with Crippen LogP contribution in [0.3, 0.4) is 0 Å². The number of aromatic nitrogens is 2. The molecule has 0 spiro atoms. The first kappa shape index (κ1) is 27.2. The smallest absolute Gasteiger partial charge is 0.241 e. The van der Waals surface area contributed by atoms with Crippen LogP contribution in [-0.2, 0) is 10.3 Å². The average molecular weight is 519 g/mol. The zero-order valence-corrected chi connectivity index (χ0v) is 22.3. The second-order valence-electron chi connectivity index (χ2n) is 10.3. The normalized spacial score (nSPS) is 20.1. The van der Waals surface area contributed by atoms with Crippen molar-refractivity contribution in [3.63, 3.8) is 0 Å². The zero-order chi connectivity index (χ0) is 24.6. The van der Waals surface area contributed by atoms with E-state index >= 15 is 0 Å². The predicted octanol–water partition coefficient (Wildman–Crippen LogP) is 6.80. The van der Waals surface area contributed by atoms with Crippen LogP contribution in [0.5, 0.6) is 0 Å². The summed E-state index contributed by atoms with van der Waals surface area (Å²) in [5.41, 5.74) is 3.43. The molecule has 1 unspecified atom stereocenters. The molecule has 5 nitrogen and oxygen atoms in total. The highest BCUT2D eigenvalue weighted by molar-refractivity contribution is 6.30. The van der Waals surface area contributed by atoms with Crippen LogP contribution in [0.15, 0.2) is 54.7 Å². The lowest BCUT2D eigenvalue weighted by atomic mass is 9.90. The quantitative estimate of drug-likeness (QED) is 0.390. The van der Waals surface area contributed by atoms with Gasteiger partial charge in [-0.2, -0.15) is 5.10 Å². The SMILES string of the molecule is CC(C)c1ccc(NC(=O)[C@@H]2CC(c3ccn(C(C)(C)C)n3)[C@H](c3ccc(Cl)c(F)c3)N2)cc1.Cl. The molecule has 2 N–H and O–H groups in total. The van der Waals surface area contributed by atoms with Crippen LogP contribution in [0.4, 0.5) is 10.1 Å². The standard InChI is InChI=1S/C27H32ClFN4O.ClH/c1-16(2)17-6-9-19(10-7-17)30-26(34)24-15-20(23-12-13-33(32-23)27(3,4)5)25(31-24)18-8-11-21(28)22(29)14-18;/h6-14,16,20,24-25,31H,15H2,1-5H3,(H,30,34);1H/t20?,24-,25-;/m0./s1. The first-order chi connectivity index (χ1) is 16.0. The molecule has 1 aromatic heterocycles. The number of anilines is 1. The molecule has 0 radical (unpaired) electrons. The van der Waals surface area contributed by atoms with Crippen molar-refractivity contribution in [1.82, 2.24) is 15.1 Å². The van der Waals surface area contributed by atoms with Gasteiger partial charge in [0.05, 0.1) is 22.3 Å². The van der Waals surface area contributed by atoms with Crippen molar-refractivity contribution < 1.29 is 9.18 Å². The number of nitrogens with one attached hydrogen (secondary N) is 2. The van der Waals surface area contributed by atoms with E-state index in [1.54, 1.807) is 6.07 Å². The van der Waals surface area contributed by atoms with E-state index in [2.05, 4.69) is 45.3 Å². The molecule has 1 saturated heterocycles. The zero-order valence-electron chi connectivity index (χ0n) is 20.7. The summed E-state index contributed by atoms with van der Waals surface area (Å²) in [5, 5.41) is 11.3. The Morgan fingerprint density at radius 3 is 2.43 bits per heavy atom. The molecule has 1 aliphatic heterocycles. The van der Waals surface area contributed by atoms with Crippen molar-refractivity contribution in [2.24, 2.45) is 0 Å². The Labute approximate surface area is 217 Å². The Morgan fingerprint density at radius 2 is 1.86 bits per heavy atom. The lowest BCUT2D eigenvalue weighted by Crippen LogP contribution is -2.36. The number of carbonyl (C=O) groups excluding carboxylic acids is 1. The molecule has 0 aliphatic carbocycles. The minimum atomic E-state index is -0.474. The first-order valence-electron chi connectivity index (χ1n) is 11.7. The van der Waals surface area contributed by atoms with Gasteiger partial charge in [0.2, 0.25) is 5.91 Å². The predicted molar refractivity (Wildman–Crippen MR) is 142 cm³/mol. The summed E-state index contributed by atoms with van der Waals surface area (Å²) in [5.74, 6) is -0.258. The van der Waals surface area contributed by atoms with Crippen LogP contribution in [0.2, 0.25) is 5.02 Å². The molecular weight excluding hydrogens is 486 g/mol. The lowest BCUT2D eigenvalue weighted by Gasteiger charge is -2.21. The van der Waals surface area contributed by atoms with Crippen molar-refractivity contribution in [2.45, 2.75) is 70.5 Å². The van der Waals surface area contributed by atoms with Crippen LogP contribution in [0.25, 0.3) is 0 Å². The van der Waals surface area contributed by atoms with Crippen molar-refractivity contribution >= 4 is 35.6 Å². The van der Waals surface area contributed by atoms with Gasteiger partial charge in [-0.1, -0.05) is 43.6 Å². The molecule has 0 bridgehead atoms. The molecule has 1 aliphatic rings. The van der Waals surface area contributed by atoms with Gasteiger partial charge >= 0.3 is 0 Å². The lowest BCUT2D eigenvalue weighted by molar-refractivity contribution is -0.117. The topological polar surface area (TPSA) is 59.0 Å². The second kappa shape index (κ2) is 10.7. The Morgan fingerprint density at radius 1 is 1.17 bits per heavy atom. The third-order valence-electron chi connectivity index (χ3n) is 6.41.